The number of hydrogen-bond acceptors (Lipinski definition) is 4. The summed E-state index contributed by atoms with van der Waals surface area (Å²) >= 11 is 0. The molecule has 1 amide bonds. The molecule has 0 fully saturated rings. The van der Waals surface area contributed by atoms with Crippen LogP contribution in [-0.4, -0.2) is 30.5 Å². The summed E-state index contributed by atoms with van der Waals surface area (Å²) in [4.78, 5) is 21.3. The largest absolute Gasteiger partial charge is 0.436 e. The van der Waals surface area contributed by atoms with Crippen LogP contribution in [-0.2, 0) is 0 Å². The van der Waals surface area contributed by atoms with Gasteiger partial charge in [0.05, 0.1) is 17.1 Å². The zero-order valence-corrected chi connectivity index (χ0v) is 13.5. The van der Waals surface area contributed by atoms with Gasteiger partial charge >= 0.3 is 0 Å². The van der Waals surface area contributed by atoms with E-state index in [1.165, 1.54) is 0 Å². The number of oxazole rings is 1. The number of amides is 1. The summed E-state index contributed by atoms with van der Waals surface area (Å²) in [6.45, 7) is 6.56. The molecule has 2 aromatic rings. The van der Waals surface area contributed by atoms with Crippen LogP contribution < -0.4 is 9.80 Å². The molecule has 0 bridgehead atoms. The van der Waals surface area contributed by atoms with Crippen molar-refractivity contribution in [3.8, 4) is 0 Å². The lowest BCUT2D eigenvalue weighted by atomic mass is 10.1. The number of aryl methyl sites for hydroxylation is 2. The van der Waals surface area contributed by atoms with Gasteiger partial charge in [-0.1, -0.05) is 12.1 Å². The van der Waals surface area contributed by atoms with E-state index in [1.807, 2.05) is 36.1 Å². The Bertz CT molecular complexity index is 708. The van der Waals surface area contributed by atoms with Gasteiger partial charge in [0.2, 0.25) is 5.76 Å². The minimum atomic E-state index is -0.117. The summed E-state index contributed by atoms with van der Waals surface area (Å²) < 4.78 is 5.54. The molecular formula is C17H21N3O2. The fourth-order valence-corrected chi connectivity index (χ4v) is 3.01. The van der Waals surface area contributed by atoms with Crippen molar-refractivity contribution in [2.24, 2.45) is 0 Å². The maximum atomic E-state index is 13.0. The van der Waals surface area contributed by atoms with Gasteiger partial charge in [0.25, 0.3) is 5.91 Å². The first kappa shape index (κ1) is 14.6. The zero-order valence-electron chi connectivity index (χ0n) is 13.5. The maximum absolute atomic E-state index is 13.0. The summed E-state index contributed by atoms with van der Waals surface area (Å²) in [6, 6.07) is 8.10. The Labute approximate surface area is 130 Å². The summed E-state index contributed by atoms with van der Waals surface area (Å²) in [5.41, 5.74) is 2.63. The predicted octanol–water partition coefficient (Wildman–Crippen LogP) is 3.17. The molecule has 1 unspecified atom stereocenters. The fraction of sp³-hybridized carbons (Fsp3) is 0.412. The second kappa shape index (κ2) is 5.48. The molecule has 1 aromatic heterocycles. The van der Waals surface area contributed by atoms with Crippen LogP contribution in [0.5, 0.6) is 0 Å². The van der Waals surface area contributed by atoms with Crippen LogP contribution in [0.2, 0.25) is 0 Å². The molecule has 1 aliphatic heterocycles. The van der Waals surface area contributed by atoms with Crippen LogP contribution in [0.3, 0.4) is 0 Å². The van der Waals surface area contributed by atoms with Gasteiger partial charge in [-0.25, -0.2) is 4.98 Å². The van der Waals surface area contributed by atoms with E-state index in [0.29, 0.717) is 17.3 Å². The van der Waals surface area contributed by atoms with Crippen molar-refractivity contribution in [2.75, 3.05) is 23.4 Å². The molecule has 1 aromatic carbocycles. The molecule has 22 heavy (non-hydrogen) atoms. The van der Waals surface area contributed by atoms with E-state index in [4.69, 9.17) is 4.42 Å². The average Bonchev–Trinajstić information content (AvgIpc) is 2.77. The van der Waals surface area contributed by atoms with E-state index >= 15 is 0 Å². The van der Waals surface area contributed by atoms with Crippen LogP contribution in [0.4, 0.5) is 11.4 Å². The van der Waals surface area contributed by atoms with Crippen molar-refractivity contribution in [1.82, 2.24) is 4.98 Å². The molecule has 3 rings (SSSR count). The lowest BCUT2D eigenvalue weighted by Gasteiger charge is -2.27. The summed E-state index contributed by atoms with van der Waals surface area (Å²) in [5, 5.41) is 0. The predicted molar refractivity (Wildman–Crippen MR) is 86.6 cm³/mol. The van der Waals surface area contributed by atoms with Gasteiger partial charge in [-0.15, -0.1) is 0 Å². The smallest absolute Gasteiger partial charge is 0.296 e. The number of fused-ring (bicyclic) bond motifs is 1. The molecular weight excluding hydrogens is 278 g/mol. The quantitative estimate of drug-likeness (QED) is 0.811. The van der Waals surface area contributed by atoms with E-state index < -0.39 is 0 Å². The minimum Gasteiger partial charge on any atom is -0.436 e. The average molecular weight is 299 g/mol. The van der Waals surface area contributed by atoms with E-state index in [2.05, 4.69) is 23.9 Å². The molecule has 116 valence electrons. The van der Waals surface area contributed by atoms with Gasteiger partial charge in [0.1, 0.15) is 0 Å². The van der Waals surface area contributed by atoms with Gasteiger partial charge in [-0.2, -0.15) is 0 Å². The number of anilines is 2. The highest BCUT2D eigenvalue weighted by atomic mass is 16.4. The third-order valence-electron chi connectivity index (χ3n) is 4.19. The van der Waals surface area contributed by atoms with Crippen molar-refractivity contribution in [1.29, 1.82) is 0 Å². The fourth-order valence-electron chi connectivity index (χ4n) is 3.01. The van der Waals surface area contributed by atoms with Crippen LogP contribution in [0.25, 0.3) is 0 Å². The molecule has 0 aliphatic carbocycles. The Morgan fingerprint density at radius 1 is 1.27 bits per heavy atom. The molecule has 0 saturated carbocycles. The number of rotatable bonds is 1. The van der Waals surface area contributed by atoms with Crippen molar-refractivity contribution in [3.63, 3.8) is 0 Å². The highest BCUT2D eigenvalue weighted by Gasteiger charge is 2.31. The molecule has 1 aliphatic rings. The van der Waals surface area contributed by atoms with Crippen LogP contribution >= 0.6 is 0 Å². The van der Waals surface area contributed by atoms with Gasteiger partial charge in [-0.3, -0.25) is 4.79 Å². The van der Waals surface area contributed by atoms with Gasteiger partial charge < -0.3 is 14.2 Å². The summed E-state index contributed by atoms with van der Waals surface area (Å²) in [7, 11) is 2.06. The number of carbonyl (C=O) groups is 1. The lowest BCUT2D eigenvalue weighted by Crippen LogP contribution is -2.38. The highest BCUT2D eigenvalue weighted by molar-refractivity contribution is 6.07. The van der Waals surface area contributed by atoms with Crippen LogP contribution in [0.15, 0.2) is 28.7 Å². The number of hydrogen-bond donors (Lipinski definition) is 0. The molecule has 5 nitrogen and oxygen atoms in total. The molecule has 5 heteroatoms. The standard InChI is InChI=1S/C17H21N3O2/c1-11-9-10-19(4)14-7-5-6-8-15(14)20(11)17(21)16-12(2)18-13(3)22-16/h5-8,11H,9-10H2,1-4H3. The first-order valence-electron chi connectivity index (χ1n) is 7.56. The van der Waals surface area contributed by atoms with Crippen LogP contribution in [0.1, 0.15) is 35.5 Å². The molecule has 0 spiro atoms. The molecule has 2 heterocycles. The Morgan fingerprint density at radius 2 is 1.95 bits per heavy atom. The third-order valence-corrected chi connectivity index (χ3v) is 4.19. The number of benzene rings is 1. The zero-order chi connectivity index (χ0) is 15.9. The van der Waals surface area contributed by atoms with Crippen LogP contribution in [0, 0.1) is 13.8 Å². The highest BCUT2D eigenvalue weighted by Crippen LogP contribution is 2.35. The summed E-state index contributed by atoms with van der Waals surface area (Å²) in [6.07, 6.45) is 0.906. The molecule has 0 saturated heterocycles. The monoisotopic (exact) mass is 299 g/mol. The van der Waals surface area contributed by atoms with E-state index in [-0.39, 0.29) is 11.9 Å². The normalized spacial score (nSPS) is 18.1. The minimum absolute atomic E-state index is 0.100. The topological polar surface area (TPSA) is 49.6 Å². The third kappa shape index (κ3) is 2.36. The second-order valence-electron chi connectivity index (χ2n) is 5.87. The van der Waals surface area contributed by atoms with Crippen molar-refractivity contribution in [3.05, 3.63) is 41.6 Å². The number of aromatic nitrogens is 1. The maximum Gasteiger partial charge on any atom is 0.296 e. The van der Waals surface area contributed by atoms with E-state index in [1.54, 1.807) is 6.92 Å². The van der Waals surface area contributed by atoms with Crippen molar-refractivity contribution in [2.45, 2.75) is 33.2 Å². The SMILES string of the molecule is Cc1nc(C)c(C(=O)N2c3ccccc3N(C)CCC2C)o1. The van der Waals surface area contributed by atoms with Gasteiger partial charge in [-0.05, 0) is 32.4 Å². The number of nitrogens with zero attached hydrogens (tertiary/aromatic N) is 3. The lowest BCUT2D eigenvalue weighted by molar-refractivity contribution is 0.0949. The number of para-hydroxylation sites is 2. The number of carbonyl (C=O) groups excluding carboxylic acids is 1. The van der Waals surface area contributed by atoms with Crippen molar-refractivity contribution < 1.29 is 9.21 Å². The van der Waals surface area contributed by atoms with Gasteiger partial charge in [0.15, 0.2) is 5.89 Å². The molecule has 0 radical (unpaired) electrons. The summed E-state index contributed by atoms with van der Waals surface area (Å²) in [5.74, 6) is 0.741. The molecule has 1 atom stereocenters. The van der Waals surface area contributed by atoms with Crippen molar-refractivity contribution >= 4 is 17.3 Å². The Hall–Kier alpha value is -2.30. The Kier molecular flexibility index (Phi) is 3.64. The molecule has 0 N–H and O–H groups in total. The second-order valence-corrected chi connectivity index (χ2v) is 5.87. The Morgan fingerprint density at radius 3 is 2.59 bits per heavy atom. The Balaban J connectivity index is 2.09. The van der Waals surface area contributed by atoms with Gasteiger partial charge in [0, 0.05) is 26.6 Å². The first-order valence-corrected chi connectivity index (χ1v) is 7.56. The van der Waals surface area contributed by atoms with E-state index in [9.17, 15) is 4.79 Å². The first-order chi connectivity index (χ1) is 10.5. The van der Waals surface area contributed by atoms with E-state index in [0.717, 1.165) is 24.3 Å².